The average Bonchev–Trinajstić information content (AvgIpc) is 3.47. The van der Waals surface area contributed by atoms with Crippen LogP contribution < -0.4 is 5.32 Å². The molecule has 3 heterocycles. The van der Waals surface area contributed by atoms with Crippen LogP contribution in [0.4, 0.5) is 5.00 Å². The molecule has 2 aromatic heterocycles. The van der Waals surface area contributed by atoms with Crippen molar-refractivity contribution in [1.29, 1.82) is 0 Å². The number of ether oxygens (including phenoxy) is 1. The summed E-state index contributed by atoms with van der Waals surface area (Å²) in [5, 5.41) is 3.03. The molecule has 0 saturated carbocycles. The van der Waals surface area contributed by atoms with Crippen LogP contribution in [-0.2, 0) is 11.3 Å². The number of esters is 1. The van der Waals surface area contributed by atoms with Gasteiger partial charge in [-0.05, 0) is 57.0 Å². The Labute approximate surface area is 186 Å². The number of furan rings is 1. The molecule has 0 aliphatic carbocycles. The van der Waals surface area contributed by atoms with Gasteiger partial charge in [0.15, 0.2) is 5.76 Å². The van der Waals surface area contributed by atoms with E-state index in [9.17, 15) is 14.4 Å². The Bertz CT molecular complexity index is 957. The zero-order chi connectivity index (χ0) is 22.5. The number of likely N-dealkylation sites (tertiary alicyclic amines) is 1. The number of nitrogens with one attached hydrogen (secondary N) is 1. The Balaban J connectivity index is 1.82. The van der Waals surface area contributed by atoms with Gasteiger partial charge in [-0.3, -0.25) is 14.5 Å². The van der Waals surface area contributed by atoms with Crippen molar-refractivity contribution in [3.8, 4) is 0 Å². The van der Waals surface area contributed by atoms with Gasteiger partial charge in [-0.15, -0.1) is 11.3 Å². The zero-order valence-corrected chi connectivity index (χ0v) is 19.3. The van der Waals surface area contributed by atoms with Gasteiger partial charge in [0.1, 0.15) is 10.8 Å². The molecule has 1 aliphatic heterocycles. The fraction of sp³-hybridized carbons (Fsp3) is 0.500. The molecular weight excluding hydrogens is 418 g/mol. The Morgan fingerprint density at radius 1 is 1.23 bits per heavy atom. The van der Waals surface area contributed by atoms with Crippen LogP contribution in [0.1, 0.15) is 68.1 Å². The minimum absolute atomic E-state index is 0.161. The van der Waals surface area contributed by atoms with Gasteiger partial charge in [-0.1, -0.05) is 6.92 Å². The van der Waals surface area contributed by atoms with Crippen molar-refractivity contribution in [3.63, 3.8) is 0 Å². The number of anilines is 1. The number of nitrogens with zero attached hydrogens (tertiary/aromatic N) is 2. The third-order valence-electron chi connectivity index (χ3n) is 5.08. The summed E-state index contributed by atoms with van der Waals surface area (Å²) in [6.45, 7) is 6.57. The first kappa shape index (κ1) is 23.0. The highest BCUT2D eigenvalue weighted by molar-refractivity contribution is 7.18. The third kappa shape index (κ3) is 5.34. The predicted octanol–water partition coefficient (Wildman–Crippen LogP) is 3.77. The predicted molar refractivity (Wildman–Crippen MR) is 119 cm³/mol. The molecule has 9 heteroatoms. The molecule has 3 rings (SSSR count). The Kier molecular flexibility index (Phi) is 7.50. The van der Waals surface area contributed by atoms with Gasteiger partial charge in [-0.25, -0.2) is 4.79 Å². The Hall–Kier alpha value is -2.65. The van der Waals surface area contributed by atoms with Crippen molar-refractivity contribution in [2.75, 3.05) is 39.1 Å². The van der Waals surface area contributed by atoms with Crippen molar-refractivity contribution in [1.82, 2.24) is 9.80 Å². The van der Waals surface area contributed by atoms with E-state index in [1.807, 2.05) is 6.92 Å². The van der Waals surface area contributed by atoms with Crippen LogP contribution in [0.2, 0.25) is 0 Å². The highest BCUT2D eigenvalue weighted by Crippen LogP contribution is 2.35. The first-order valence-electron chi connectivity index (χ1n) is 10.5. The lowest BCUT2D eigenvalue weighted by Crippen LogP contribution is -2.21. The largest absolute Gasteiger partial charge is 0.462 e. The van der Waals surface area contributed by atoms with Gasteiger partial charge in [0, 0.05) is 14.1 Å². The van der Waals surface area contributed by atoms with Crippen LogP contribution in [-0.4, -0.2) is 61.4 Å². The molecule has 1 N–H and O–H groups in total. The van der Waals surface area contributed by atoms with Crippen molar-refractivity contribution < 1.29 is 23.5 Å². The minimum Gasteiger partial charge on any atom is -0.462 e. The van der Waals surface area contributed by atoms with E-state index >= 15 is 0 Å². The summed E-state index contributed by atoms with van der Waals surface area (Å²) < 4.78 is 11.0. The number of carbonyl (C=O) groups is 3. The maximum atomic E-state index is 12.8. The van der Waals surface area contributed by atoms with E-state index in [2.05, 4.69) is 10.2 Å². The lowest BCUT2D eigenvalue weighted by molar-refractivity contribution is 0.0506. The highest BCUT2D eigenvalue weighted by Gasteiger charge is 2.28. The summed E-state index contributed by atoms with van der Waals surface area (Å²) >= 11 is 1.07. The van der Waals surface area contributed by atoms with Crippen LogP contribution in [0.15, 0.2) is 16.5 Å². The number of carbonyl (C=O) groups excluding carboxylic acids is 3. The van der Waals surface area contributed by atoms with E-state index in [-0.39, 0.29) is 28.8 Å². The minimum atomic E-state index is -0.558. The smallest absolute Gasteiger partial charge is 0.341 e. The maximum Gasteiger partial charge on any atom is 0.341 e. The lowest BCUT2D eigenvalue weighted by atomic mass is 10.1. The molecule has 1 saturated heterocycles. The van der Waals surface area contributed by atoms with E-state index in [4.69, 9.17) is 9.15 Å². The second-order valence-corrected chi connectivity index (χ2v) is 8.82. The van der Waals surface area contributed by atoms with Gasteiger partial charge in [0.2, 0.25) is 0 Å². The van der Waals surface area contributed by atoms with E-state index < -0.39 is 11.9 Å². The van der Waals surface area contributed by atoms with Gasteiger partial charge in [-0.2, -0.15) is 0 Å². The molecular formula is C22H29N3O5S. The van der Waals surface area contributed by atoms with Crippen molar-refractivity contribution in [2.24, 2.45) is 0 Å². The fourth-order valence-electron chi connectivity index (χ4n) is 3.43. The summed E-state index contributed by atoms with van der Waals surface area (Å²) in [5.41, 5.74) is 0.704. The van der Waals surface area contributed by atoms with Crippen molar-refractivity contribution in [3.05, 3.63) is 39.7 Å². The monoisotopic (exact) mass is 447 g/mol. The highest BCUT2D eigenvalue weighted by atomic mass is 32.1. The Morgan fingerprint density at radius 2 is 1.94 bits per heavy atom. The van der Waals surface area contributed by atoms with Gasteiger partial charge in [0.05, 0.1) is 23.6 Å². The maximum absolute atomic E-state index is 12.8. The molecule has 8 nitrogen and oxygen atoms in total. The molecule has 0 spiro atoms. The summed E-state index contributed by atoms with van der Waals surface area (Å²) in [7, 11) is 3.28. The first-order valence-corrected chi connectivity index (χ1v) is 11.3. The number of thiophene rings is 1. The second kappa shape index (κ2) is 10.1. The molecule has 0 aromatic carbocycles. The van der Waals surface area contributed by atoms with Crippen LogP contribution in [0, 0.1) is 6.92 Å². The fourth-order valence-corrected chi connectivity index (χ4v) is 4.64. The molecule has 1 fully saturated rings. The summed E-state index contributed by atoms with van der Waals surface area (Å²) in [4.78, 5) is 42.1. The molecule has 168 valence electrons. The Morgan fingerprint density at radius 3 is 2.58 bits per heavy atom. The summed E-state index contributed by atoms with van der Waals surface area (Å²) in [5.74, 6) is -0.382. The van der Waals surface area contributed by atoms with Gasteiger partial charge >= 0.3 is 5.97 Å². The van der Waals surface area contributed by atoms with Gasteiger partial charge < -0.3 is 19.4 Å². The second-order valence-electron chi connectivity index (χ2n) is 7.80. The van der Waals surface area contributed by atoms with Gasteiger partial charge in [0.25, 0.3) is 11.8 Å². The third-order valence-corrected chi connectivity index (χ3v) is 6.27. The standard InChI is InChI=1S/C22H29N3O5S/c1-5-12-29-22(28)17-14(2)18(21(27)24(3)4)31-20(17)23-19(26)16-9-8-15(30-16)13-25-10-6-7-11-25/h8-9H,5-7,10-13H2,1-4H3,(H,23,26). The summed E-state index contributed by atoms with van der Waals surface area (Å²) in [6.07, 6.45) is 3.03. The van der Waals surface area contributed by atoms with E-state index in [1.165, 1.54) is 17.7 Å². The zero-order valence-electron chi connectivity index (χ0n) is 18.4. The van der Waals surface area contributed by atoms with E-state index in [0.29, 0.717) is 23.4 Å². The number of rotatable bonds is 8. The molecule has 0 radical (unpaired) electrons. The van der Waals surface area contributed by atoms with E-state index in [0.717, 1.165) is 30.2 Å². The lowest BCUT2D eigenvalue weighted by Gasteiger charge is -2.11. The molecule has 0 bridgehead atoms. The van der Waals surface area contributed by atoms with Crippen LogP contribution in [0.25, 0.3) is 0 Å². The van der Waals surface area contributed by atoms with Crippen LogP contribution >= 0.6 is 11.3 Å². The van der Waals surface area contributed by atoms with E-state index in [1.54, 1.807) is 33.2 Å². The van der Waals surface area contributed by atoms with Crippen LogP contribution in [0.3, 0.4) is 0 Å². The molecule has 31 heavy (non-hydrogen) atoms. The van der Waals surface area contributed by atoms with Crippen molar-refractivity contribution in [2.45, 2.75) is 39.7 Å². The normalized spacial score (nSPS) is 13.9. The number of hydrogen-bond donors (Lipinski definition) is 1. The SMILES string of the molecule is CCCOC(=O)c1c(NC(=O)c2ccc(CN3CCCC3)o2)sc(C(=O)N(C)C)c1C. The quantitative estimate of drug-likeness (QED) is 0.620. The average molecular weight is 448 g/mol. The molecule has 2 amide bonds. The molecule has 2 aromatic rings. The molecule has 0 atom stereocenters. The first-order chi connectivity index (χ1) is 14.8. The molecule has 1 aliphatic rings. The summed E-state index contributed by atoms with van der Waals surface area (Å²) in [6, 6.07) is 3.42. The molecule has 0 unspecified atom stereocenters. The number of hydrogen-bond acceptors (Lipinski definition) is 7. The van der Waals surface area contributed by atoms with Crippen molar-refractivity contribution >= 4 is 34.1 Å². The topological polar surface area (TPSA) is 92.1 Å². The van der Waals surface area contributed by atoms with Crippen LogP contribution in [0.5, 0.6) is 0 Å². The number of amides is 2.